The van der Waals surface area contributed by atoms with Crippen LogP contribution in [0.1, 0.15) is 38.6 Å². The highest BCUT2D eigenvalue weighted by Crippen LogP contribution is 2.21. The summed E-state index contributed by atoms with van der Waals surface area (Å²) in [7, 11) is -3.67. The molecule has 0 aliphatic heterocycles. The van der Waals surface area contributed by atoms with Gasteiger partial charge < -0.3 is 9.63 Å². The lowest BCUT2D eigenvalue weighted by Gasteiger charge is -2.33. The summed E-state index contributed by atoms with van der Waals surface area (Å²) in [5.74, 6) is -0.809. The Hall–Kier alpha value is -1.41. The van der Waals surface area contributed by atoms with Gasteiger partial charge in [0.25, 0.3) is 0 Å². The Labute approximate surface area is 118 Å². The summed E-state index contributed by atoms with van der Waals surface area (Å²) >= 11 is 0. The van der Waals surface area contributed by atoms with Crippen molar-refractivity contribution in [2.75, 3.05) is 6.54 Å². The molecule has 1 N–H and O–H groups in total. The molecule has 0 spiro atoms. The summed E-state index contributed by atoms with van der Waals surface area (Å²) in [5, 5.41) is 12.4. The first-order valence-corrected chi connectivity index (χ1v) is 7.78. The van der Waals surface area contributed by atoms with E-state index in [4.69, 9.17) is 9.63 Å². The molecule has 20 heavy (non-hydrogen) atoms. The van der Waals surface area contributed by atoms with Crippen molar-refractivity contribution in [2.45, 2.75) is 45.4 Å². The van der Waals surface area contributed by atoms with Gasteiger partial charge in [0.2, 0.25) is 10.0 Å². The molecule has 7 nitrogen and oxygen atoms in total. The maximum atomic E-state index is 12.4. The van der Waals surface area contributed by atoms with E-state index in [9.17, 15) is 13.2 Å². The number of aryl methyl sites for hydroxylation is 1. The van der Waals surface area contributed by atoms with Crippen molar-refractivity contribution in [1.82, 2.24) is 9.46 Å². The molecule has 0 saturated heterocycles. The highest BCUT2D eigenvalue weighted by atomic mass is 32.2. The first-order chi connectivity index (χ1) is 9.02. The molecule has 0 unspecified atom stereocenters. The van der Waals surface area contributed by atoms with Gasteiger partial charge in [0.1, 0.15) is 17.2 Å². The molecule has 114 valence electrons. The number of hydrogen-bond acceptors (Lipinski definition) is 5. The van der Waals surface area contributed by atoms with Crippen LogP contribution in [0.15, 0.2) is 10.6 Å². The summed E-state index contributed by atoms with van der Waals surface area (Å²) in [6.45, 7) is 6.77. The number of rotatable bonds is 6. The fourth-order valence-corrected chi connectivity index (χ4v) is 3.71. The number of carboxylic acid groups (broad SMARTS) is 1. The highest BCUT2D eigenvalue weighted by Gasteiger charge is 2.33. The molecular formula is C12H20N2O5S. The van der Waals surface area contributed by atoms with Crippen molar-refractivity contribution >= 4 is 16.0 Å². The standard InChI is InChI=1S/C12H20N2O5S/c1-9-7-10(13-19-9)8-20(17,18)14(12(2,3)4)6-5-11(15)16/h7H,5-6,8H2,1-4H3,(H,15,16). The second kappa shape index (κ2) is 5.92. The molecule has 0 atom stereocenters. The Kier molecular flexibility index (Phi) is 4.93. The van der Waals surface area contributed by atoms with Crippen LogP contribution in [0.4, 0.5) is 0 Å². The Morgan fingerprint density at radius 1 is 1.45 bits per heavy atom. The summed E-state index contributed by atoms with van der Waals surface area (Å²) in [4.78, 5) is 10.7. The second-order valence-electron chi connectivity index (χ2n) is 5.57. The molecule has 1 aromatic heterocycles. The smallest absolute Gasteiger partial charge is 0.304 e. The lowest BCUT2D eigenvalue weighted by Crippen LogP contribution is -2.47. The van der Waals surface area contributed by atoms with E-state index in [0.29, 0.717) is 11.5 Å². The number of nitrogens with zero attached hydrogens (tertiary/aromatic N) is 2. The molecular weight excluding hydrogens is 284 g/mol. The van der Waals surface area contributed by atoms with E-state index in [0.717, 1.165) is 0 Å². The normalized spacial score (nSPS) is 12.8. The summed E-state index contributed by atoms with van der Waals surface area (Å²) in [6.07, 6.45) is -0.242. The molecule has 0 aliphatic carbocycles. The van der Waals surface area contributed by atoms with Crippen LogP contribution in [0.3, 0.4) is 0 Å². The maximum Gasteiger partial charge on any atom is 0.304 e. The predicted octanol–water partition coefficient (Wildman–Crippen LogP) is 1.39. The van der Waals surface area contributed by atoms with Gasteiger partial charge in [0.05, 0.1) is 6.42 Å². The van der Waals surface area contributed by atoms with Crippen LogP contribution in [0.5, 0.6) is 0 Å². The van der Waals surface area contributed by atoms with Crippen LogP contribution in [0.25, 0.3) is 0 Å². The van der Waals surface area contributed by atoms with Crippen LogP contribution in [-0.4, -0.2) is 41.0 Å². The van der Waals surface area contributed by atoms with Crippen LogP contribution >= 0.6 is 0 Å². The zero-order valence-electron chi connectivity index (χ0n) is 12.1. The van der Waals surface area contributed by atoms with Crippen molar-refractivity contribution in [2.24, 2.45) is 0 Å². The quantitative estimate of drug-likeness (QED) is 0.852. The number of carboxylic acids is 1. The Bertz CT molecular complexity index is 571. The molecule has 1 aromatic rings. The Morgan fingerprint density at radius 3 is 2.45 bits per heavy atom. The molecule has 8 heteroatoms. The zero-order chi connectivity index (χ0) is 15.6. The third-order valence-electron chi connectivity index (χ3n) is 2.62. The van der Waals surface area contributed by atoms with E-state index in [-0.39, 0.29) is 18.7 Å². The van der Waals surface area contributed by atoms with E-state index in [1.165, 1.54) is 4.31 Å². The van der Waals surface area contributed by atoms with Gasteiger partial charge in [-0.05, 0) is 27.7 Å². The second-order valence-corrected chi connectivity index (χ2v) is 7.47. The molecule has 0 aliphatic rings. The van der Waals surface area contributed by atoms with E-state index in [1.54, 1.807) is 33.8 Å². The lowest BCUT2D eigenvalue weighted by molar-refractivity contribution is -0.137. The number of carbonyl (C=O) groups is 1. The fraction of sp³-hybridized carbons (Fsp3) is 0.667. The molecule has 1 heterocycles. The topological polar surface area (TPSA) is 101 Å². The Balaban J connectivity index is 2.96. The van der Waals surface area contributed by atoms with Crippen molar-refractivity contribution in [1.29, 1.82) is 0 Å². The predicted molar refractivity (Wildman–Crippen MR) is 72.6 cm³/mol. The van der Waals surface area contributed by atoms with Crippen LogP contribution < -0.4 is 0 Å². The maximum absolute atomic E-state index is 12.4. The SMILES string of the molecule is Cc1cc(CS(=O)(=O)N(CCC(=O)O)C(C)(C)C)no1. The zero-order valence-corrected chi connectivity index (χ0v) is 12.9. The van der Waals surface area contributed by atoms with Gasteiger partial charge in [-0.15, -0.1) is 0 Å². The molecule has 0 radical (unpaired) electrons. The molecule has 1 rings (SSSR count). The van der Waals surface area contributed by atoms with Crippen molar-refractivity contribution < 1.29 is 22.8 Å². The van der Waals surface area contributed by atoms with Crippen molar-refractivity contribution in [3.05, 3.63) is 17.5 Å². The van der Waals surface area contributed by atoms with Crippen LogP contribution in [0.2, 0.25) is 0 Å². The van der Waals surface area contributed by atoms with E-state index < -0.39 is 21.5 Å². The average Bonchev–Trinajstić information content (AvgIpc) is 2.59. The molecule has 0 fully saturated rings. The monoisotopic (exact) mass is 304 g/mol. The highest BCUT2D eigenvalue weighted by molar-refractivity contribution is 7.88. The fourth-order valence-electron chi connectivity index (χ4n) is 1.84. The minimum absolute atomic E-state index is 0.0714. The first-order valence-electron chi connectivity index (χ1n) is 6.17. The minimum Gasteiger partial charge on any atom is -0.481 e. The van der Waals surface area contributed by atoms with Gasteiger partial charge >= 0.3 is 5.97 Å². The number of aromatic nitrogens is 1. The lowest BCUT2D eigenvalue weighted by atomic mass is 10.1. The Morgan fingerprint density at radius 2 is 2.05 bits per heavy atom. The third-order valence-corrected chi connectivity index (χ3v) is 4.68. The van der Waals surface area contributed by atoms with Crippen LogP contribution in [0, 0.1) is 6.92 Å². The molecule has 0 aromatic carbocycles. The molecule has 0 bridgehead atoms. The van der Waals surface area contributed by atoms with Gasteiger partial charge in [-0.25, -0.2) is 8.42 Å². The van der Waals surface area contributed by atoms with Gasteiger partial charge in [-0.3, -0.25) is 4.79 Å². The number of sulfonamides is 1. The van der Waals surface area contributed by atoms with E-state index >= 15 is 0 Å². The van der Waals surface area contributed by atoms with Gasteiger partial charge in [0, 0.05) is 18.2 Å². The summed E-state index contributed by atoms with van der Waals surface area (Å²) in [5.41, 5.74) is -0.389. The minimum atomic E-state index is -3.67. The number of hydrogen-bond donors (Lipinski definition) is 1. The average molecular weight is 304 g/mol. The van der Waals surface area contributed by atoms with E-state index in [2.05, 4.69) is 5.16 Å². The first kappa shape index (κ1) is 16.6. The third kappa shape index (κ3) is 4.61. The van der Waals surface area contributed by atoms with Gasteiger partial charge in [-0.2, -0.15) is 4.31 Å². The van der Waals surface area contributed by atoms with Gasteiger partial charge in [-0.1, -0.05) is 5.16 Å². The van der Waals surface area contributed by atoms with Crippen LogP contribution in [-0.2, 0) is 20.6 Å². The summed E-state index contributed by atoms with van der Waals surface area (Å²) < 4.78 is 30.9. The summed E-state index contributed by atoms with van der Waals surface area (Å²) in [6, 6.07) is 1.55. The largest absolute Gasteiger partial charge is 0.481 e. The van der Waals surface area contributed by atoms with Crippen molar-refractivity contribution in [3.8, 4) is 0 Å². The number of aliphatic carboxylic acids is 1. The molecule has 0 amide bonds. The van der Waals surface area contributed by atoms with Gasteiger partial charge in [0.15, 0.2) is 0 Å². The molecule has 0 saturated carbocycles. The van der Waals surface area contributed by atoms with E-state index in [1.807, 2.05) is 0 Å². The van der Waals surface area contributed by atoms with Crippen molar-refractivity contribution in [3.63, 3.8) is 0 Å².